The Bertz CT molecular complexity index is 640. The van der Waals surface area contributed by atoms with Crippen LogP contribution in [0.2, 0.25) is 0 Å². The number of hydrogen-bond acceptors (Lipinski definition) is 1. The SMILES string of the molecule is Cc1cc(CNC(=O)CCc2ccccc2F)ccc1F. The Morgan fingerprint density at radius 3 is 2.57 bits per heavy atom. The lowest BCUT2D eigenvalue weighted by atomic mass is 10.1. The Morgan fingerprint density at radius 2 is 1.86 bits per heavy atom. The van der Waals surface area contributed by atoms with Gasteiger partial charge in [-0.2, -0.15) is 0 Å². The molecule has 0 fully saturated rings. The van der Waals surface area contributed by atoms with Crippen molar-refractivity contribution >= 4 is 5.91 Å². The van der Waals surface area contributed by atoms with Gasteiger partial charge < -0.3 is 5.32 Å². The van der Waals surface area contributed by atoms with Crippen LogP contribution >= 0.6 is 0 Å². The van der Waals surface area contributed by atoms with Gasteiger partial charge in [0.25, 0.3) is 0 Å². The molecule has 0 saturated carbocycles. The lowest BCUT2D eigenvalue weighted by Crippen LogP contribution is -2.23. The number of rotatable bonds is 5. The topological polar surface area (TPSA) is 29.1 Å². The van der Waals surface area contributed by atoms with E-state index in [0.29, 0.717) is 24.1 Å². The van der Waals surface area contributed by atoms with Crippen LogP contribution in [-0.2, 0) is 17.8 Å². The van der Waals surface area contributed by atoms with E-state index >= 15 is 0 Å². The number of hydrogen-bond donors (Lipinski definition) is 1. The third-order valence-electron chi connectivity index (χ3n) is 3.29. The van der Waals surface area contributed by atoms with Crippen LogP contribution in [0.4, 0.5) is 8.78 Å². The van der Waals surface area contributed by atoms with E-state index in [9.17, 15) is 13.6 Å². The summed E-state index contributed by atoms with van der Waals surface area (Å²) in [7, 11) is 0. The fourth-order valence-electron chi connectivity index (χ4n) is 2.06. The van der Waals surface area contributed by atoms with Gasteiger partial charge >= 0.3 is 0 Å². The highest BCUT2D eigenvalue weighted by atomic mass is 19.1. The molecule has 0 saturated heterocycles. The average Bonchev–Trinajstić information content (AvgIpc) is 2.47. The zero-order chi connectivity index (χ0) is 15.2. The molecule has 0 aromatic heterocycles. The van der Waals surface area contributed by atoms with E-state index in [0.717, 1.165) is 5.56 Å². The number of benzene rings is 2. The molecule has 0 unspecified atom stereocenters. The van der Waals surface area contributed by atoms with Crippen molar-refractivity contribution in [2.24, 2.45) is 0 Å². The predicted octanol–water partition coefficient (Wildman–Crippen LogP) is 3.52. The summed E-state index contributed by atoms with van der Waals surface area (Å²) in [5.41, 5.74) is 1.92. The maximum Gasteiger partial charge on any atom is 0.220 e. The van der Waals surface area contributed by atoms with Gasteiger partial charge in [-0.1, -0.05) is 30.3 Å². The van der Waals surface area contributed by atoms with E-state index in [1.807, 2.05) is 0 Å². The van der Waals surface area contributed by atoms with Gasteiger partial charge in [-0.25, -0.2) is 8.78 Å². The summed E-state index contributed by atoms with van der Waals surface area (Å²) in [4.78, 5) is 11.7. The number of amides is 1. The van der Waals surface area contributed by atoms with Crippen LogP contribution in [-0.4, -0.2) is 5.91 Å². The molecule has 21 heavy (non-hydrogen) atoms. The zero-order valence-corrected chi connectivity index (χ0v) is 11.8. The quantitative estimate of drug-likeness (QED) is 0.896. The lowest BCUT2D eigenvalue weighted by Gasteiger charge is -2.07. The molecule has 0 radical (unpaired) electrons. The van der Waals surface area contributed by atoms with Crippen LogP contribution in [0.5, 0.6) is 0 Å². The summed E-state index contributed by atoms with van der Waals surface area (Å²) in [6.07, 6.45) is 0.585. The minimum atomic E-state index is -0.292. The molecule has 0 aliphatic heterocycles. The molecule has 0 atom stereocenters. The highest BCUT2D eigenvalue weighted by Crippen LogP contribution is 2.10. The molecular weight excluding hydrogens is 272 g/mol. The molecule has 0 aliphatic rings. The second-order valence-corrected chi connectivity index (χ2v) is 4.95. The van der Waals surface area contributed by atoms with Gasteiger partial charge in [0.05, 0.1) is 0 Å². The molecule has 0 spiro atoms. The van der Waals surface area contributed by atoms with Crippen LogP contribution in [0.15, 0.2) is 42.5 Å². The van der Waals surface area contributed by atoms with Gasteiger partial charge in [-0.05, 0) is 42.2 Å². The van der Waals surface area contributed by atoms with Gasteiger partial charge in [0.2, 0.25) is 5.91 Å². The van der Waals surface area contributed by atoms with Crippen LogP contribution < -0.4 is 5.32 Å². The maximum absolute atomic E-state index is 13.4. The first-order chi connectivity index (χ1) is 10.1. The third-order valence-corrected chi connectivity index (χ3v) is 3.29. The predicted molar refractivity (Wildman–Crippen MR) is 77.7 cm³/mol. The van der Waals surface area contributed by atoms with Gasteiger partial charge in [0, 0.05) is 13.0 Å². The molecule has 1 N–H and O–H groups in total. The van der Waals surface area contributed by atoms with Crippen molar-refractivity contribution in [1.29, 1.82) is 0 Å². The maximum atomic E-state index is 13.4. The second-order valence-electron chi connectivity index (χ2n) is 4.95. The first-order valence-electron chi connectivity index (χ1n) is 6.81. The minimum Gasteiger partial charge on any atom is -0.352 e. The van der Waals surface area contributed by atoms with Crippen molar-refractivity contribution in [1.82, 2.24) is 5.32 Å². The van der Waals surface area contributed by atoms with E-state index in [-0.39, 0.29) is 24.0 Å². The Kier molecular flexibility index (Phi) is 5.04. The Labute approximate surface area is 122 Å². The van der Waals surface area contributed by atoms with E-state index in [1.165, 1.54) is 12.1 Å². The monoisotopic (exact) mass is 289 g/mol. The van der Waals surface area contributed by atoms with Crippen molar-refractivity contribution in [3.8, 4) is 0 Å². The van der Waals surface area contributed by atoms with Crippen molar-refractivity contribution in [3.05, 3.63) is 70.8 Å². The molecule has 0 bridgehead atoms. The van der Waals surface area contributed by atoms with Crippen molar-refractivity contribution in [2.45, 2.75) is 26.3 Å². The summed E-state index contributed by atoms with van der Waals surface area (Å²) < 4.78 is 26.5. The smallest absolute Gasteiger partial charge is 0.220 e. The second kappa shape index (κ2) is 6.97. The molecule has 2 nitrogen and oxygen atoms in total. The lowest BCUT2D eigenvalue weighted by molar-refractivity contribution is -0.121. The van der Waals surface area contributed by atoms with Crippen molar-refractivity contribution < 1.29 is 13.6 Å². The van der Waals surface area contributed by atoms with Gasteiger partial charge in [0.1, 0.15) is 11.6 Å². The van der Waals surface area contributed by atoms with Gasteiger partial charge in [-0.15, -0.1) is 0 Å². The minimum absolute atomic E-state index is 0.153. The Balaban J connectivity index is 1.82. The highest BCUT2D eigenvalue weighted by molar-refractivity contribution is 5.76. The van der Waals surface area contributed by atoms with E-state index < -0.39 is 0 Å². The number of nitrogens with one attached hydrogen (secondary N) is 1. The summed E-state index contributed by atoms with van der Waals surface area (Å²) in [6, 6.07) is 11.1. The van der Waals surface area contributed by atoms with Gasteiger partial charge in [0.15, 0.2) is 0 Å². The zero-order valence-electron chi connectivity index (χ0n) is 11.8. The highest BCUT2D eigenvalue weighted by Gasteiger charge is 2.06. The van der Waals surface area contributed by atoms with E-state index in [4.69, 9.17) is 0 Å². The fraction of sp³-hybridized carbons (Fsp3) is 0.235. The molecule has 2 rings (SSSR count). The summed E-state index contributed by atoms with van der Waals surface area (Å²) in [5.74, 6) is -0.704. The Hall–Kier alpha value is -2.23. The number of carbonyl (C=O) groups is 1. The Morgan fingerprint density at radius 1 is 1.10 bits per heavy atom. The molecule has 110 valence electrons. The average molecular weight is 289 g/mol. The molecule has 0 aliphatic carbocycles. The summed E-state index contributed by atoms with van der Waals surface area (Å²) in [5, 5.41) is 2.75. The van der Waals surface area contributed by atoms with Gasteiger partial charge in [-0.3, -0.25) is 4.79 Å². The standard InChI is InChI=1S/C17H17F2NO/c1-12-10-13(6-8-15(12)18)11-20-17(21)9-7-14-4-2-3-5-16(14)19/h2-6,8,10H,7,9,11H2,1H3,(H,20,21). The molecule has 2 aromatic rings. The first kappa shape index (κ1) is 15.2. The fourth-order valence-corrected chi connectivity index (χ4v) is 2.06. The number of carbonyl (C=O) groups excluding carboxylic acids is 1. The largest absolute Gasteiger partial charge is 0.352 e. The number of aryl methyl sites for hydroxylation is 2. The molecule has 4 heteroatoms. The normalized spacial score (nSPS) is 10.4. The van der Waals surface area contributed by atoms with Crippen molar-refractivity contribution in [3.63, 3.8) is 0 Å². The van der Waals surface area contributed by atoms with Crippen LogP contribution in [0.3, 0.4) is 0 Å². The third kappa shape index (κ3) is 4.38. The molecule has 2 aromatic carbocycles. The molecular formula is C17H17F2NO. The molecule has 1 amide bonds. The summed E-state index contributed by atoms with van der Waals surface area (Å²) >= 11 is 0. The van der Waals surface area contributed by atoms with Crippen LogP contribution in [0.1, 0.15) is 23.1 Å². The first-order valence-corrected chi connectivity index (χ1v) is 6.81. The molecule has 0 heterocycles. The van der Waals surface area contributed by atoms with E-state index in [1.54, 1.807) is 37.3 Å². The van der Waals surface area contributed by atoms with Crippen LogP contribution in [0, 0.1) is 18.6 Å². The summed E-state index contributed by atoms with van der Waals surface area (Å²) in [6.45, 7) is 2.02. The van der Waals surface area contributed by atoms with Crippen LogP contribution in [0.25, 0.3) is 0 Å². The number of halogens is 2. The van der Waals surface area contributed by atoms with E-state index in [2.05, 4.69) is 5.32 Å². The van der Waals surface area contributed by atoms with Crippen molar-refractivity contribution in [2.75, 3.05) is 0 Å².